The van der Waals surface area contributed by atoms with Crippen LogP contribution in [0.25, 0.3) is 0 Å². The van der Waals surface area contributed by atoms with Crippen LogP contribution in [0.3, 0.4) is 0 Å². The van der Waals surface area contributed by atoms with E-state index in [9.17, 15) is 23.4 Å². The monoisotopic (exact) mass is 439 g/mol. The molecule has 1 aromatic carbocycles. The maximum Gasteiger partial charge on any atom is 0.244 e. The van der Waals surface area contributed by atoms with E-state index in [0.29, 0.717) is 38.2 Å². The molecule has 0 aliphatic carbocycles. The summed E-state index contributed by atoms with van der Waals surface area (Å²) in [5.41, 5.74) is 1.98. The third-order valence-electron chi connectivity index (χ3n) is 4.46. The van der Waals surface area contributed by atoms with Gasteiger partial charge in [0.15, 0.2) is 21.3 Å². The minimum atomic E-state index is -3.34. The fraction of sp³-hybridized carbons (Fsp3) is 0.500. The molecule has 30 heavy (non-hydrogen) atoms. The van der Waals surface area contributed by atoms with Gasteiger partial charge in [-0.2, -0.15) is 0 Å². The van der Waals surface area contributed by atoms with Crippen LogP contribution in [0.5, 0.6) is 11.5 Å². The number of phenols is 1. The van der Waals surface area contributed by atoms with Gasteiger partial charge in [-0.15, -0.1) is 0 Å². The molecule has 8 heteroatoms. The first-order valence-corrected chi connectivity index (χ1v) is 11.9. The molecular formula is C22H33NO6S. The molecule has 0 unspecified atom stereocenters. The zero-order valence-corrected chi connectivity index (χ0v) is 18.9. The van der Waals surface area contributed by atoms with Crippen LogP contribution < -0.4 is 10.1 Å². The Balaban J connectivity index is 2.44. The van der Waals surface area contributed by atoms with Crippen molar-refractivity contribution in [3.05, 3.63) is 46.9 Å². The molecule has 2 atom stereocenters. The zero-order chi connectivity index (χ0) is 22.7. The molecule has 0 saturated carbocycles. The summed E-state index contributed by atoms with van der Waals surface area (Å²) in [5.74, 6) is -0.0498. The second-order valence-corrected chi connectivity index (χ2v) is 9.61. The van der Waals surface area contributed by atoms with Gasteiger partial charge in [0.2, 0.25) is 5.91 Å². The SMILES string of the molecule is CC(C)=CC[C@@H](O)[C@H](C)CCOc1ccc(CCNC(=O)/C=C/S(C)(=O)=O)cc1O. The molecule has 3 N–H and O–H groups in total. The summed E-state index contributed by atoms with van der Waals surface area (Å²) in [5, 5.41) is 23.7. The number of aromatic hydroxyl groups is 1. The number of carbonyl (C=O) groups is 1. The number of rotatable bonds is 12. The number of ether oxygens (including phenoxy) is 1. The first-order valence-electron chi connectivity index (χ1n) is 9.90. The number of phenolic OH excluding ortho intramolecular Hbond substituents is 1. The van der Waals surface area contributed by atoms with Crippen LogP contribution in [0.15, 0.2) is 41.3 Å². The number of hydrogen-bond donors (Lipinski definition) is 3. The van der Waals surface area contributed by atoms with E-state index in [4.69, 9.17) is 4.74 Å². The van der Waals surface area contributed by atoms with E-state index in [1.54, 1.807) is 18.2 Å². The molecule has 0 saturated heterocycles. The maximum atomic E-state index is 11.5. The molecule has 0 spiro atoms. The minimum Gasteiger partial charge on any atom is -0.504 e. The molecule has 0 fully saturated rings. The van der Waals surface area contributed by atoms with E-state index in [2.05, 4.69) is 5.32 Å². The van der Waals surface area contributed by atoms with Crippen LogP contribution in [0.2, 0.25) is 0 Å². The Kier molecular flexibility index (Phi) is 10.6. The van der Waals surface area contributed by atoms with Crippen molar-refractivity contribution < 1.29 is 28.2 Å². The van der Waals surface area contributed by atoms with Gasteiger partial charge < -0.3 is 20.3 Å². The fourth-order valence-corrected chi connectivity index (χ4v) is 2.92. The number of carbonyl (C=O) groups excluding carboxylic acids is 1. The van der Waals surface area contributed by atoms with E-state index in [-0.39, 0.29) is 11.7 Å². The van der Waals surface area contributed by atoms with E-state index in [1.165, 1.54) is 5.57 Å². The molecular weight excluding hydrogens is 406 g/mol. The normalized spacial score (nSPS) is 13.6. The summed E-state index contributed by atoms with van der Waals surface area (Å²) in [6.07, 6.45) is 5.31. The highest BCUT2D eigenvalue weighted by Crippen LogP contribution is 2.27. The average Bonchev–Trinajstić information content (AvgIpc) is 2.65. The summed E-state index contributed by atoms with van der Waals surface area (Å²) in [4.78, 5) is 11.5. The molecule has 1 rings (SSSR count). The lowest BCUT2D eigenvalue weighted by Gasteiger charge is -2.18. The lowest BCUT2D eigenvalue weighted by Crippen LogP contribution is -2.23. The number of nitrogens with one attached hydrogen (secondary N) is 1. The Morgan fingerprint density at radius 1 is 1.30 bits per heavy atom. The third-order valence-corrected chi connectivity index (χ3v) is 5.09. The number of allylic oxidation sites excluding steroid dienone is 1. The van der Waals surface area contributed by atoms with Gasteiger partial charge in [0.25, 0.3) is 0 Å². The van der Waals surface area contributed by atoms with Crippen molar-refractivity contribution in [2.75, 3.05) is 19.4 Å². The van der Waals surface area contributed by atoms with Gasteiger partial charge in [-0.1, -0.05) is 24.6 Å². The molecule has 1 amide bonds. The standard InChI is InChI=1S/C22H33NO6S/c1-16(2)5-7-19(24)17(3)10-13-29-21-8-6-18(15-20(21)25)9-12-23-22(26)11-14-30(4,27)28/h5-6,8,11,14-15,17,19,24-25H,7,9-10,12-13H2,1-4H3,(H,23,26)/b14-11+/t17-,19-/m1/s1. The number of hydrogen-bond acceptors (Lipinski definition) is 6. The Labute approximate surface area is 179 Å². The number of aliphatic hydroxyl groups excluding tert-OH is 1. The summed E-state index contributed by atoms with van der Waals surface area (Å²) in [6.45, 7) is 6.64. The molecule has 0 bridgehead atoms. The van der Waals surface area contributed by atoms with Gasteiger partial charge in [0, 0.05) is 24.3 Å². The van der Waals surface area contributed by atoms with Crippen molar-refractivity contribution >= 4 is 15.7 Å². The molecule has 168 valence electrons. The zero-order valence-electron chi connectivity index (χ0n) is 18.1. The minimum absolute atomic E-state index is 0.00791. The van der Waals surface area contributed by atoms with Gasteiger partial charge in [-0.05, 0) is 56.7 Å². The Bertz CT molecular complexity index is 856. The highest BCUT2D eigenvalue weighted by atomic mass is 32.2. The van der Waals surface area contributed by atoms with Crippen LogP contribution in [-0.4, -0.2) is 50.0 Å². The molecule has 7 nitrogen and oxygen atoms in total. The van der Waals surface area contributed by atoms with Crippen molar-refractivity contribution in [3.63, 3.8) is 0 Å². The summed E-state index contributed by atoms with van der Waals surface area (Å²) in [7, 11) is -3.34. The third kappa shape index (κ3) is 11.0. The lowest BCUT2D eigenvalue weighted by molar-refractivity contribution is -0.116. The smallest absolute Gasteiger partial charge is 0.244 e. The van der Waals surface area contributed by atoms with E-state index in [0.717, 1.165) is 23.3 Å². The second kappa shape index (κ2) is 12.4. The van der Waals surface area contributed by atoms with Crippen molar-refractivity contribution in [1.82, 2.24) is 5.32 Å². The molecule has 0 radical (unpaired) electrons. The van der Waals surface area contributed by atoms with Gasteiger partial charge in [0.1, 0.15) is 0 Å². The van der Waals surface area contributed by atoms with Crippen LogP contribution in [0.4, 0.5) is 0 Å². The van der Waals surface area contributed by atoms with Crippen molar-refractivity contribution in [2.45, 2.75) is 46.1 Å². The van der Waals surface area contributed by atoms with E-state index in [1.807, 2.05) is 26.8 Å². The van der Waals surface area contributed by atoms with Gasteiger partial charge in [0.05, 0.1) is 12.7 Å². The quantitative estimate of drug-likeness (QED) is 0.341. The van der Waals surface area contributed by atoms with Crippen LogP contribution in [0, 0.1) is 5.92 Å². The molecule has 0 heterocycles. The van der Waals surface area contributed by atoms with E-state index < -0.39 is 21.8 Å². The van der Waals surface area contributed by atoms with Gasteiger partial charge in [-0.3, -0.25) is 4.79 Å². The first-order chi connectivity index (χ1) is 14.0. The van der Waals surface area contributed by atoms with Crippen molar-refractivity contribution in [1.29, 1.82) is 0 Å². The molecule has 0 aromatic heterocycles. The highest BCUT2D eigenvalue weighted by molar-refractivity contribution is 7.93. The Morgan fingerprint density at radius 3 is 2.60 bits per heavy atom. The predicted octanol–water partition coefficient (Wildman–Crippen LogP) is 2.73. The number of benzene rings is 1. The highest BCUT2D eigenvalue weighted by Gasteiger charge is 2.13. The van der Waals surface area contributed by atoms with Crippen molar-refractivity contribution in [3.8, 4) is 11.5 Å². The first kappa shape index (κ1) is 25.7. The predicted molar refractivity (Wildman–Crippen MR) is 118 cm³/mol. The maximum absolute atomic E-state index is 11.5. The second-order valence-electron chi connectivity index (χ2n) is 7.67. The van der Waals surface area contributed by atoms with Crippen LogP contribution in [-0.2, 0) is 21.1 Å². The van der Waals surface area contributed by atoms with Crippen LogP contribution >= 0.6 is 0 Å². The number of amides is 1. The number of sulfone groups is 1. The topological polar surface area (TPSA) is 113 Å². The summed E-state index contributed by atoms with van der Waals surface area (Å²) >= 11 is 0. The summed E-state index contributed by atoms with van der Waals surface area (Å²) in [6, 6.07) is 5.03. The number of aliphatic hydroxyl groups is 1. The Morgan fingerprint density at radius 2 is 2.00 bits per heavy atom. The van der Waals surface area contributed by atoms with Gasteiger partial charge in [-0.25, -0.2) is 8.42 Å². The summed E-state index contributed by atoms with van der Waals surface area (Å²) < 4.78 is 27.6. The molecule has 0 aliphatic rings. The molecule has 0 aliphatic heterocycles. The lowest BCUT2D eigenvalue weighted by atomic mass is 9.98. The Hall–Kier alpha value is -2.32. The van der Waals surface area contributed by atoms with E-state index >= 15 is 0 Å². The van der Waals surface area contributed by atoms with Crippen LogP contribution in [0.1, 0.15) is 39.2 Å². The average molecular weight is 440 g/mol. The van der Waals surface area contributed by atoms with Crippen molar-refractivity contribution in [2.24, 2.45) is 5.92 Å². The molecule has 1 aromatic rings. The van der Waals surface area contributed by atoms with Gasteiger partial charge >= 0.3 is 0 Å². The fourth-order valence-electron chi connectivity index (χ4n) is 2.55. The largest absolute Gasteiger partial charge is 0.504 e.